The molecule has 0 bridgehead atoms. The lowest BCUT2D eigenvalue weighted by atomic mass is 10.0. The van der Waals surface area contributed by atoms with Gasteiger partial charge in [-0.3, -0.25) is 9.59 Å². The number of amides is 2. The number of anilines is 1. The predicted molar refractivity (Wildman–Crippen MR) is 81.9 cm³/mol. The van der Waals surface area contributed by atoms with Gasteiger partial charge in [-0.05, 0) is 25.3 Å². The zero-order chi connectivity index (χ0) is 15.4. The number of hydrogen-bond donors (Lipinski definition) is 2. The lowest BCUT2D eigenvalue weighted by Gasteiger charge is -2.32. The third kappa shape index (κ3) is 3.77. The van der Waals surface area contributed by atoms with Gasteiger partial charge in [0.1, 0.15) is 5.69 Å². The first kappa shape index (κ1) is 15.4. The number of piperidine rings is 1. The minimum absolute atomic E-state index is 0.00984. The van der Waals surface area contributed by atoms with Crippen molar-refractivity contribution in [3.8, 4) is 0 Å². The van der Waals surface area contributed by atoms with Crippen LogP contribution in [0.15, 0.2) is 12.3 Å². The number of hydrogen-bond acceptors (Lipinski definition) is 3. The molecule has 0 atom stereocenters. The monoisotopic (exact) mass is 292 g/mol. The Morgan fingerprint density at radius 2 is 2.05 bits per heavy atom. The number of carbonyl (C=O) groups is 2. The van der Waals surface area contributed by atoms with Crippen molar-refractivity contribution in [1.29, 1.82) is 0 Å². The van der Waals surface area contributed by atoms with E-state index in [0.717, 1.165) is 25.8 Å². The minimum atomic E-state index is -0.00984. The number of nitrogens with two attached hydrogens (primary N) is 1. The normalized spacial score (nSPS) is 16.0. The molecule has 1 fully saturated rings. The molecule has 6 heteroatoms. The van der Waals surface area contributed by atoms with Crippen LogP contribution >= 0.6 is 0 Å². The predicted octanol–water partition coefficient (Wildman–Crippen LogP) is 1.22. The van der Waals surface area contributed by atoms with Gasteiger partial charge < -0.3 is 20.5 Å². The summed E-state index contributed by atoms with van der Waals surface area (Å²) >= 11 is 0. The number of nitrogens with one attached hydrogen (secondary N) is 1. The summed E-state index contributed by atoms with van der Waals surface area (Å²) in [5.74, 6) is 0.0193. The maximum atomic E-state index is 12.6. The van der Waals surface area contributed by atoms with Gasteiger partial charge in [-0.25, -0.2) is 0 Å². The standard InChI is InChI=1S/C15H24N4O2/c1-3-6-19-10-12(16)9-14(19)15(21)18-7-4-13(5-8-18)17-11(2)20/h9-10,13H,3-8,16H2,1-2H3,(H,17,20). The first-order valence-corrected chi connectivity index (χ1v) is 7.53. The molecule has 116 valence electrons. The number of carbonyl (C=O) groups excluding carboxylic acids is 2. The van der Waals surface area contributed by atoms with Gasteiger partial charge in [0.25, 0.3) is 5.91 Å². The van der Waals surface area contributed by atoms with E-state index in [1.807, 2.05) is 15.7 Å². The van der Waals surface area contributed by atoms with Crippen molar-refractivity contribution in [3.63, 3.8) is 0 Å². The molecule has 6 nitrogen and oxygen atoms in total. The van der Waals surface area contributed by atoms with Crippen LogP contribution in [0.1, 0.15) is 43.6 Å². The Hall–Kier alpha value is -1.98. The number of aromatic nitrogens is 1. The summed E-state index contributed by atoms with van der Waals surface area (Å²) in [6, 6.07) is 1.93. The Bertz CT molecular complexity index is 516. The van der Waals surface area contributed by atoms with Gasteiger partial charge in [0.15, 0.2) is 0 Å². The van der Waals surface area contributed by atoms with Crippen molar-refractivity contribution < 1.29 is 9.59 Å². The summed E-state index contributed by atoms with van der Waals surface area (Å²) in [5, 5.41) is 2.91. The molecule has 2 heterocycles. The van der Waals surface area contributed by atoms with Crippen LogP contribution in [0.25, 0.3) is 0 Å². The van der Waals surface area contributed by atoms with E-state index in [2.05, 4.69) is 12.2 Å². The van der Waals surface area contributed by atoms with E-state index in [-0.39, 0.29) is 17.9 Å². The number of nitrogens with zero attached hydrogens (tertiary/aromatic N) is 2. The van der Waals surface area contributed by atoms with Crippen LogP contribution in [0.4, 0.5) is 5.69 Å². The fourth-order valence-electron chi connectivity index (χ4n) is 2.81. The lowest BCUT2D eigenvalue weighted by molar-refractivity contribution is -0.119. The van der Waals surface area contributed by atoms with E-state index >= 15 is 0 Å². The molecule has 0 radical (unpaired) electrons. The SMILES string of the molecule is CCCn1cc(N)cc1C(=O)N1CCC(NC(C)=O)CC1. The second kappa shape index (κ2) is 6.65. The smallest absolute Gasteiger partial charge is 0.270 e. The summed E-state index contributed by atoms with van der Waals surface area (Å²) in [5.41, 5.74) is 7.10. The van der Waals surface area contributed by atoms with E-state index in [4.69, 9.17) is 5.73 Å². The van der Waals surface area contributed by atoms with Crippen molar-refractivity contribution in [2.75, 3.05) is 18.8 Å². The van der Waals surface area contributed by atoms with Gasteiger partial charge in [0, 0.05) is 38.8 Å². The maximum absolute atomic E-state index is 12.6. The van der Waals surface area contributed by atoms with E-state index in [1.165, 1.54) is 6.92 Å². The number of aryl methyl sites for hydroxylation is 1. The molecular weight excluding hydrogens is 268 g/mol. The van der Waals surface area contributed by atoms with E-state index in [1.54, 1.807) is 6.07 Å². The summed E-state index contributed by atoms with van der Waals surface area (Å²) in [7, 11) is 0. The Kier molecular flexibility index (Phi) is 4.88. The minimum Gasteiger partial charge on any atom is -0.397 e. The van der Waals surface area contributed by atoms with Crippen LogP contribution in [-0.4, -0.2) is 40.4 Å². The zero-order valence-electron chi connectivity index (χ0n) is 12.8. The highest BCUT2D eigenvalue weighted by atomic mass is 16.2. The maximum Gasteiger partial charge on any atom is 0.270 e. The van der Waals surface area contributed by atoms with Gasteiger partial charge in [-0.1, -0.05) is 6.92 Å². The molecule has 1 aromatic heterocycles. The van der Waals surface area contributed by atoms with Crippen LogP contribution in [0.5, 0.6) is 0 Å². The quantitative estimate of drug-likeness (QED) is 0.875. The molecule has 1 saturated heterocycles. The molecule has 0 saturated carbocycles. The fraction of sp³-hybridized carbons (Fsp3) is 0.600. The van der Waals surface area contributed by atoms with Crippen molar-refractivity contribution >= 4 is 17.5 Å². The summed E-state index contributed by atoms with van der Waals surface area (Å²) in [4.78, 5) is 25.5. The molecule has 0 aliphatic carbocycles. The van der Waals surface area contributed by atoms with Crippen LogP contribution in [0.3, 0.4) is 0 Å². The average molecular weight is 292 g/mol. The van der Waals surface area contributed by atoms with Crippen molar-refractivity contribution in [1.82, 2.24) is 14.8 Å². The van der Waals surface area contributed by atoms with Gasteiger partial charge >= 0.3 is 0 Å². The summed E-state index contributed by atoms with van der Waals surface area (Å²) in [6.07, 6.45) is 4.38. The first-order chi connectivity index (χ1) is 10.0. The second-order valence-corrected chi connectivity index (χ2v) is 5.62. The third-order valence-corrected chi connectivity index (χ3v) is 3.79. The number of nitrogen functional groups attached to an aromatic ring is 1. The van der Waals surface area contributed by atoms with Crippen molar-refractivity contribution in [2.45, 2.75) is 45.7 Å². The molecule has 2 rings (SSSR count). The van der Waals surface area contributed by atoms with Crippen molar-refractivity contribution in [3.05, 3.63) is 18.0 Å². The Morgan fingerprint density at radius 3 is 2.62 bits per heavy atom. The average Bonchev–Trinajstić information content (AvgIpc) is 2.79. The summed E-state index contributed by atoms with van der Waals surface area (Å²) < 4.78 is 1.93. The molecular formula is C15H24N4O2. The van der Waals surface area contributed by atoms with E-state index in [0.29, 0.717) is 24.5 Å². The molecule has 1 aliphatic heterocycles. The van der Waals surface area contributed by atoms with Crippen LogP contribution in [0, 0.1) is 0 Å². The van der Waals surface area contributed by atoms with E-state index in [9.17, 15) is 9.59 Å². The molecule has 1 aromatic rings. The molecule has 0 aromatic carbocycles. The van der Waals surface area contributed by atoms with Crippen LogP contribution in [0.2, 0.25) is 0 Å². The number of rotatable bonds is 4. The highest BCUT2D eigenvalue weighted by Crippen LogP contribution is 2.17. The molecule has 1 aliphatic rings. The van der Waals surface area contributed by atoms with Gasteiger partial charge in [-0.15, -0.1) is 0 Å². The molecule has 2 amide bonds. The van der Waals surface area contributed by atoms with Crippen molar-refractivity contribution in [2.24, 2.45) is 0 Å². The van der Waals surface area contributed by atoms with Crippen LogP contribution in [-0.2, 0) is 11.3 Å². The highest BCUT2D eigenvalue weighted by molar-refractivity contribution is 5.94. The number of likely N-dealkylation sites (tertiary alicyclic amines) is 1. The zero-order valence-corrected chi connectivity index (χ0v) is 12.8. The fourth-order valence-corrected chi connectivity index (χ4v) is 2.81. The Balaban J connectivity index is 2.00. The van der Waals surface area contributed by atoms with E-state index < -0.39 is 0 Å². The Labute approximate surface area is 125 Å². The molecule has 3 N–H and O–H groups in total. The molecule has 0 spiro atoms. The Morgan fingerprint density at radius 1 is 1.38 bits per heavy atom. The van der Waals surface area contributed by atoms with Gasteiger partial charge in [-0.2, -0.15) is 0 Å². The second-order valence-electron chi connectivity index (χ2n) is 5.62. The molecule has 0 unspecified atom stereocenters. The first-order valence-electron chi connectivity index (χ1n) is 7.53. The highest BCUT2D eigenvalue weighted by Gasteiger charge is 2.25. The lowest BCUT2D eigenvalue weighted by Crippen LogP contribution is -2.46. The summed E-state index contributed by atoms with van der Waals surface area (Å²) in [6.45, 7) is 5.73. The van der Waals surface area contributed by atoms with Crippen LogP contribution < -0.4 is 11.1 Å². The largest absolute Gasteiger partial charge is 0.397 e. The molecule has 21 heavy (non-hydrogen) atoms. The third-order valence-electron chi connectivity index (χ3n) is 3.79. The topological polar surface area (TPSA) is 80.4 Å². The van der Waals surface area contributed by atoms with Gasteiger partial charge in [0.05, 0.1) is 5.69 Å². The van der Waals surface area contributed by atoms with Gasteiger partial charge in [0.2, 0.25) is 5.91 Å².